The van der Waals surface area contributed by atoms with E-state index in [1.54, 1.807) is 4.90 Å². The lowest BCUT2D eigenvalue weighted by Crippen LogP contribution is -2.45. The number of benzene rings is 1. The molecular weight excluding hydrogens is 466 g/mol. The molecule has 1 aromatic carbocycles. The van der Waals surface area contributed by atoms with Crippen molar-refractivity contribution >= 4 is 29.9 Å². The van der Waals surface area contributed by atoms with Gasteiger partial charge in [0, 0.05) is 24.1 Å². The van der Waals surface area contributed by atoms with Crippen LogP contribution in [0.5, 0.6) is 0 Å². The van der Waals surface area contributed by atoms with Crippen molar-refractivity contribution in [3.63, 3.8) is 0 Å². The standard InChI is InChI=1S/C29H45N5OS/c1-6-11-21-12-13-22(33(5)27(35)28(36)34-16-9-7-8-10-17-34)18-24(21)30-20(2)26-23-14-15-29(3,4)19-25(23)31-32-26/h12-13,18,20,28,30,36H,6-11,14-17,19H2,1-5H3,(H,31,32). The summed E-state index contributed by atoms with van der Waals surface area (Å²) in [6.07, 6.45) is 10.1. The van der Waals surface area contributed by atoms with E-state index in [1.165, 1.54) is 36.1 Å². The number of H-pyrrole nitrogens is 1. The molecule has 0 bridgehead atoms. The number of rotatable bonds is 8. The monoisotopic (exact) mass is 511 g/mol. The molecule has 1 fully saturated rings. The number of aromatic nitrogens is 2. The van der Waals surface area contributed by atoms with Crippen molar-refractivity contribution in [3.8, 4) is 0 Å². The van der Waals surface area contributed by atoms with Crippen LogP contribution in [-0.4, -0.2) is 46.5 Å². The Morgan fingerprint density at radius 2 is 1.97 bits per heavy atom. The van der Waals surface area contributed by atoms with Crippen molar-refractivity contribution in [1.82, 2.24) is 15.1 Å². The van der Waals surface area contributed by atoms with Crippen molar-refractivity contribution in [3.05, 3.63) is 40.7 Å². The highest BCUT2D eigenvalue weighted by atomic mass is 32.1. The van der Waals surface area contributed by atoms with E-state index in [4.69, 9.17) is 17.7 Å². The summed E-state index contributed by atoms with van der Waals surface area (Å²) in [6.45, 7) is 10.9. The van der Waals surface area contributed by atoms with Crippen molar-refractivity contribution in [2.24, 2.45) is 5.41 Å². The minimum atomic E-state index is -0.404. The molecule has 1 aliphatic carbocycles. The van der Waals surface area contributed by atoms with Gasteiger partial charge in [0.1, 0.15) is 5.37 Å². The fraction of sp³-hybridized carbons (Fsp3) is 0.655. The van der Waals surface area contributed by atoms with Gasteiger partial charge < -0.3 is 10.2 Å². The number of aromatic amines is 1. The summed E-state index contributed by atoms with van der Waals surface area (Å²) in [6, 6.07) is 6.44. The summed E-state index contributed by atoms with van der Waals surface area (Å²) in [5, 5.41) is 11.4. The van der Waals surface area contributed by atoms with Crippen LogP contribution in [0.3, 0.4) is 0 Å². The third kappa shape index (κ3) is 6.10. The average Bonchev–Trinajstić information content (AvgIpc) is 3.07. The van der Waals surface area contributed by atoms with Gasteiger partial charge in [0.2, 0.25) is 0 Å². The van der Waals surface area contributed by atoms with E-state index in [9.17, 15) is 4.79 Å². The summed E-state index contributed by atoms with van der Waals surface area (Å²) in [5.41, 5.74) is 7.37. The first-order valence-electron chi connectivity index (χ1n) is 13.9. The molecule has 6 nitrogen and oxygen atoms in total. The Bertz CT molecular complexity index is 1040. The number of hydrogen-bond acceptors (Lipinski definition) is 5. The van der Waals surface area contributed by atoms with E-state index < -0.39 is 5.37 Å². The molecule has 2 atom stereocenters. The van der Waals surface area contributed by atoms with E-state index >= 15 is 0 Å². The molecule has 0 saturated carbocycles. The van der Waals surface area contributed by atoms with Gasteiger partial charge in [-0.2, -0.15) is 17.7 Å². The number of carbonyl (C=O) groups is 1. The molecule has 2 unspecified atom stereocenters. The first-order valence-corrected chi connectivity index (χ1v) is 14.4. The van der Waals surface area contributed by atoms with Gasteiger partial charge in [-0.3, -0.25) is 14.8 Å². The third-order valence-corrected chi connectivity index (χ3v) is 8.56. The molecular formula is C29H45N5OS. The molecule has 2 N–H and O–H groups in total. The van der Waals surface area contributed by atoms with Crippen LogP contribution in [0.1, 0.15) is 94.8 Å². The molecule has 2 aromatic rings. The number of fused-ring (bicyclic) bond motifs is 1. The second-order valence-electron chi connectivity index (χ2n) is 11.6. The second kappa shape index (κ2) is 11.6. The molecule has 7 heteroatoms. The van der Waals surface area contributed by atoms with Gasteiger partial charge in [-0.05, 0) is 87.2 Å². The van der Waals surface area contributed by atoms with Crippen LogP contribution in [0.25, 0.3) is 0 Å². The minimum Gasteiger partial charge on any atom is -0.377 e. The van der Waals surface area contributed by atoms with E-state index in [0.717, 1.165) is 68.7 Å². The Morgan fingerprint density at radius 3 is 2.67 bits per heavy atom. The van der Waals surface area contributed by atoms with E-state index in [-0.39, 0.29) is 11.9 Å². The van der Waals surface area contributed by atoms with Gasteiger partial charge in [0.05, 0.1) is 11.7 Å². The predicted molar refractivity (Wildman–Crippen MR) is 153 cm³/mol. The summed E-state index contributed by atoms with van der Waals surface area (Å²) in [5.74, 6) is 0.0338. The van der Waals surface area contributed by atoms with Gasteiger partial charge in [0.15, 0.2) is 0 Å². The van der Waals surface area contributed by atoms with Gasteiger partial charge in [0.25, 0.3) is 5.91 Å². The fourth-order valence-corrected chi connectivity index (χ4v) is 6.13. The van der Waals surface area contributed by atoms with Crippen molar-refractivity contribution in [2.75, 3.05) is 30.4 Å². The number of hydrogen-bond donors (Lipinski definition) is 3. The van der Waals surface area contributed by atoms with Gasteiger partial charge in [-0.1, -0.05) is 46.1 Å². The maximum atomic E-state index is 13.4. The Morgan fingerprint density at radius 1 is 1.25 bits per heavy atom. The zero-order valence-corrected chi connectivity index (χ0v) is 23.8. The number of likely N-dealkylation sites (tertiary alicyclic amines) is 1. The maximum absolute atomic E-state index is 13.4. The zero-order valence-electron chi connectivity index (χ0n) is 22.9. The molecule has 198 valence electrons. The summed E-state index contributed by atoms with van der Waals surface area (Å²) >= 11 is 4.75. The zero-order chi connectivity index (χ0) is 25.9. The lowest BCUT2D eigenvalue weighted by molar-refractivity contribution is -0.120. The van der Waals surface area contributed by atoms with E-state index in [0.29, 0.717) is 5.41 Å². The van der Waals surface area contributed by atoms with Crippen molar-refractivity contribution < 1.29 is 4.79 Å². The number of carbonyl (C=O) groups excluding carboxylic acids is 1. The highest BCUT2D eigenvalue weighted by Gasteiger charge is 2.30. The van der Waals surface area contributed by atoms with Crippen molar-refractivity contribution in [1.29, 1.82) is 0 Å². The van der Waals surface area contributed by atoms with E-state index in [2.05, 4.69) is 61.2 Å². The molecule has 36 heavy (non-hydrogen) atoms. The highest BCUT2D eigenvalue weighted by molar-refractivity contribution is 7.81. The summed E-state index contributed by atoms with van der Waals surface area (Å²) < 4.78 is 0. The van der Waals surface area contributed by atoms with Crippen molar-refractivity contribution in [2.45, 2.75) is 96.9 Å². The number of nitrogens with one attached hydrogen (secondary N) is 2. The topological polar surface area (TPSA) is 64.3 Å². The van der Waals surface area contributed by atoms with Gasteiger partial charge in [-0.15, -0.1) is 0 Å². The van der Waals surface area contributed by atoms with Crippen LogP contribution in [0, 0.1) is 5.41 Å². The Hall–Kier alpha value is -1.99. The SMILES string of the molecule is CCCc1ccc(N(C)C(=O)C(S)N2CCCCCC2)cc1NC(C)c1n[nH]c2c1CCC(C)(C)C2. The summed E-state index contributed by atoms with van der Waals surface area (Å²) in [4.78, 5) is 17.4. The third-order valence-electron chi connectivity index (χ3n) is 8.01. The van der Waals surface area contributed by atoms with Crippen LogP contribution < -0.4 is 10.2 Å². The van der Waals surface area contributed by atoms with Crippen LogP contribution in [-0.2, 0) is 24.1 Å². The first kappa shape index (κ1) is 27.1. The molecule has 2 aliphatic rings. The molecule has 0 radical (unpaired) electrons. The number of aryl methyl sites for hydroxylation is 1. The van der Waals surface area contributed by atoms with Gasteiger partial charge >= 0.3 is 0 Å². The molecule has 1 saturated heterocycles. The minimum absolute atomic E-state index is 0.0338. The maximum Gasteiger partial charge on any atom is 0.254 e. The quantitative estimate of drug-likeness (QED) is 0.372. The molecule has 0 spiro atoms. The molecule has 4 rings (SSSR count). The second-order valence-corrected chi connectivity index (χ2v) is 12.1. The number of thiol groups is 1. The largest absolute Gasteiger partial charge is 0.377 e. The van der Waals surface area contributed by atoms with E-state index in [1.807, 2.05) is 7.05 Å². The van der Waals surface area contributed by atoms with Gasteiger partial charge in [-0.25, -0.2) is 0 Å². The van der Waals surface area contributed by atoms with Crippen LogP contribution >= 0.6 is 12.6 Å². The van der Waals surface area contributed by atoms with Crippen LogP contribution in [0.4, 0.5) is 11.4 Å². The first-order chi connectivity index (χ1) is 17.2. The molecule has 1 aromatic heterocycles. The molecule has 1 amide bonds. The molecule has 1 aliphatic heterocycles. The Balaban J connectivity index is 1.53. The molecule has 2 heterocycles. The summed E-state index contributed by atoms with van der Waals surface area (Å²) in [7, 11) is 1.87. The number of anilines is 2. The Kier molecular flexibility index (Phi) is 8.71. The normalized spacial score (nSPS) is 19.7. The lowest BCUT2D eigenvalue weighted by Gasteiger charge is -2.30. The average molecular weight is 512 g/mol. The Labute approximate surface area is 223 Å². The van der Waals surface area contributed by atoms with Crippen LogP contribution in [0.2, 0.25) is 0 Å². The smallest absolute Gasteiger partial charge is 0.254 e. The fourth-order valence-electron chi connectivity index (χ4n) is 5.72. The number of likely N-dealkylation sites (N-methyl/N-ethyl adjacent to an activating group) is 1. The number of nitrogens with zero attached hydrogens (tertiary/aromatic N) is 3. The predicted octanol–water partition coefficient (Wildman–Crippen LogP) is 6.14. The highest BCUT2D eigenvalue weighted by Crippen LogP contribution is 2.37. The van der Waals surface area contributed by atoms with Crippen LogP contribution in [0.15, 0.2) is 18.2 Å². The lowest BCUT2D eigenvalue weighted by atomic mass is 9.76. The number of amides is 1.